The second kappa shape index (κ2) is 12.8. The number of fused-ring (bicyclic) bond motifs is 1. The largest absolute Gasteiger partial charge is 0.480 e. The fourth-order valence-corrected chi connectivity index (χ4v) is 4.90. The number of hydrogen-bond donors (Lipinski definition) is 2. The van der Waals surface area contributed by atoms with E-state index >= 15 is 0 Å². The van der Waals surface area contributed by atoms with E-state index in [1.807, 2.05) is 12.1 Å². The van der Waals surface area contributed by atoms with Crippen LogP contribution in [0.5, 0.6) is 5.88 Å². The van der Waals surface area contributed by atoms with Crippen LogP contribution in [0.15, 0.2) is 48.9 Å². The van der Waals surface area contributed by atoms with Crippen LogP contribution >= 0.6 is 0 Å². The van der Waals surface area contributed by atoms with Crippen LogP contribution in [0, 0.1) is 0 Å². The number of aromatic nitrogens is 3. The summed E-state index contributed by atoms with van der Waals surface area (Å²) >= 11 is 0. The average Bonchev–Trinajstić information content (AvgIpc) is 2.99. The fourth-order valence-electron chi connectivity index (χ4n) is 4.90. The molecule has 1 aromatic carbocycles. The van der Waals surface area contributed by atoms with Crippen LogP contribution in [0.1, 0.15) is 22.7 Å². The molecule has 1 fully saturated rings. The Morgan fingerprint density at radius 1 is 1.03 bits per heavy atom. The van der Waals surface area contributed by atoms with E-state index in [-0.39, 0.29) is 0 Å². The average molecular weight is 530 g/mol. The molecule has 2 aromatic heterocycles. The number of piperazine rings is 1. The van der Waals surface area contributed by atoms with Gasteiger partial charge >= 0.3 is 0 Å². The summed E-state index contributed by atoms with van der Waals surface area (Å²) in [6.45, 7) is 7.21. The molecule has 10 heteroatoms. The summed E-state index contributed by atoms with van der Waals surface area (Å²) < 4.78 is 10.4. The summed E-state index contributed by atoms with van der Waals surface area (Å²) in [6, 6.07) is 9.84. The van der Waals surface area contributed by atoms with Crippen LogP contribution in [-0.2, 0) is 16.0 Å². The molecule has 0 spiro atoms. The second-order valence-electron chi connectivity index (χ2n) is 9.67. The van der Waals surface area contributed by atoms with Crippen molar-refractivity contribution in [2.24, 2.45) is 0 Å². The molecular weight excluding hydrogens is 494 g/mol. The number of hydrogen-bond acceptors (Lipinski definition) is 10. The zero-order valence-electron chi connectivity index (χ0n) is 22.5. The van der Waals surface area contributed by atoms with E-state index < -0.39 is 6.04 Å². The Morgan fingerprint density at radius 2 is 1.79 bits per heavy atom. The molecule has 0 bridgehead atoms. The van der Waals surface area contributed by atoms with Crippen molar-refractivity contribution < 1.29 is 14.3 Å². The molecule has 3 aromatic rings. The number of aldehydes is 1. The van der Waals surface area contributed by atoms with Crippen LogP contribution < -0.4 is 15.4 Å². The third-order valence-corrected chi connectivity index (χ3v) is 7.17. The molecule has 2 aliphatic rings. The SMILES string of the molecule is COCCN1CCN(CCc2ccc(Nc3nc(-c4cncc(OC)n4)cc4c3C(C=O)NC=C4)cc2)CC1. The van der Waals surface area contributed by atoms with Gasteiger partial charge < -0.3 is 29.8 Å². The summed E-state index contributed by atoms with van der Waals surface area (Å²) in [5.74, 6) is 1.01. The number of benzene rings is 1. The van der Waals surface area contributed by atoms with Gasteiger partial charge in [0.05, 0.1) is 31.8 Å². The highest BCUT2D eigenvalue weighted by Crippen LogP contribution is 2.33. The molecule has 39 heavy (non-hydrogen) atoms. The molecule has 0 radical (unpaired) electrons. The Kier molecular flexibility index (Phi) is 8.77. The molecule has 0 amide bonds. The van der Waals surface area contributed by atoms with E-state index in [4.69, 9.17) is 14.5 Å². The van der Waals surface area contributed by atoms with Crippen LogP contribution in [-0.4, -0.2) is 91.1 Å². The monoisotopic (exact) mass is 529 g/mol. The predicted molar refractivity (Wildman–Crippen MR) is 151 cm³/mol. The van der Waals surface area contributed by atoms with Crippen molar-refractivity contribution in [1.29, 1.82) is 0 Å². The Labute approximate surface area is 229 Å². The van der Waals surface area contributed by atoms with E-state index in [2.05, 4.69) is 54.7 Å². The molecular formula is C29H35N7O3. The molecule has 5 rings (SSSR count). The topological polar surface area (TPSA) is 105 Å². The van der Waals surface area contributed by atoms with Crippen LogP contribution in [0.4, 0.5) is 11.5 Å². The maximum Gasteiger partial charge on any atom is 0.232 e. The van der Waals surface area contributed by atoms with E-state index in [1.54, 1.807) is 32.8 Å². The standard InChI is InChI=1S/C29H35N7O3/c1-38-16-15-36-13-11-35(12-14-36)10-8-21-3-5-23(6-4-21)32-29-28-22(7-9-31-26(28)20-37)17-24(34-29)25-18-30-19-27(33-25)39-2/h3-7,9,17-20,26,31H,8,10-16H2,1-2H3,(H,32,34). The molecule has 204 valence electrons. The van der Waals surface area contributed by atoms with Crippen molar-refractivity contribution in [3.63, 3.8) is 0 Å². The zero-order chi connectivity index (χ0) is 27.0. The van der Waals surface area contributed by atoms with E-state index in [0.717, 1.165) is 75.4 Å². The van der Waals surface area contributed by atoms with Crippen LogP contribution in [0.3, 0.4) is 0 Å². The first-order valence-electron chi connectivity index (χ1n) is 13.3. The van der Waals surface area contributed by atoms with Gasteiger partial charge in [0.2, 0.25) is 5.88 Å². The number of rotatable bonds is 11. The lowest BCUT2D eigenvalue weighted by Gasteiger charge is -2.34. The first-order chi connectivity index (χ1) is 19.2. The number of pyridine rings is 1. The van der Waals surface area contributed by atoms with Crippen molar-refractivity contribution in [2.75, 3.05) is 65.4 Å². The van der Waals surface area contributed by atoms with Crippen molar-refractivity contribution in [3.8, 4) is 17.3 Å². The number of carbonyl (C=O) groups is 1. The van der Waals surface area contributed by atoms with E-state index in [0.29, 0.717) is 23.1 Å². The molecule has 10 nitrogen and oxygen atoms in total. The second-order valence-corrected chi connectivity index (χ2v) is 9.67. The van der Waals surface area contributed by atoms with Gasteiger partial charge in [0.15, 0.2) is 0 Å². The van der Waals surface area contributed by atoms with Crippen LogP contribution in [0.25, 0.3) is 17.5 Å². The smallest absolute Gasteiger partial charge is 0.232 e. The number of nitrogens with one attached hydrogen (secondary N) is 2. The summed E-state index contributed by atoms with van der Waals surface area (Å²) in [7, 11) is 3.31. The van der Waals surface area contributed by atoms with E-state index in [9.17, 15) is 4.79 Å². The van der Waals surface area contributed by atoms with Gasteiger partial charge in [0, 0.05) is 57.6 Å². The first kappa shape index (κ1) is 26.7. The quantitative estimate of drug-likeness (QED) is 0.360. The Bertz CT molecular complexity index is 1290. The summed E-state index contributed by atoms with van der Waals surface area (Å²) in [6.07, 6.45) is 8.80. The molecule has 2 N–H and O–H groups in total. The number of ether oxygens (including phenoxy) is 2. The Hall–Kier alpha value is -3.86. The summed E-state index contributed by atoms with van der Waals surface area (Å²) in [5, 5.41) is 6.55. The van der Waals surface area contributed by atoms with Crippen LogP contribution in [0.2, 0.25) is 0 Å². The Balaban J connectivity index is 1.29. The van der Waals surface area contributed by atoms with Gasteiger partial charge in [-0.2, -0.15) is 0 Å². The molecule has 4 heterocycles. The maximum atomic E-state index is 11.9. The normalized spacial score (nSPS) is 17.3. The van der Waals surface area contributed by atoms with Gasteiger partial charge in [-0.15, -0.1) is 0 Å². The fraction of sp³-hybridized carbons (Fsp3) is 0.379. The van der Waals surface area contributed by atoms with Gasteiger partial charge in [0.1, 0.15) is 23.8 Å². The lowest BCUT2D eigenvalue weighted by molar-refractivity contribution is -0.109. The van der Waals surface area contributed by atoms with Gasteiger partial charge in [-0.25, -0.2) is 9.97 Å². The van der Waals surface area contributed by atoms with Gasteiger partial charge in [-0.1, -0.05) is 12.1 Å². The Morgan fingerprint density at radius 3 is 2.51 bits per heavy atom. The highest BCUT2D eigenvalue weighted by atomic mass is 16.5. The molecule has 1 atom stereocenters. The molecule has 2 aliphatic heterocycles. The predicted octanol–water partition coefficient (Wildman–Crippen LogP) is 2.91. The van der Waals surface area contributed by atoms with E-state index in [1.165, 1.54) is 5.56 Å². The van der Waals surface area contributed by atoms with Gasteiger partial charge in [-0.3, -0.25) is 9.88 Å². The third-order valence-electron chi connectivity index (χ3n) is 7.17. The number of methoxy groups -OCH3 is 2. The van der Waals surface area contributed by atoms with Crippen molar-refractivity contribution in [3.05, 3.63) is 65.6 Å². The molecule has 0 aliphatic carbocycles. The van der Waals surface area contributed by atoms with Gasteiger partial charge in [0.25, 0.3) is 0 Å². The van der Waals surface area contributed by atoms with Crippen molar-refractivity contribution >= 4 is 23.9 Å². The summed E-state index contributed by atoms with van der Waals surface area (Å²) in [4.78, 5) is 30.4. The zero-order valence-corrected chi connectivity index (χ0v) is 22.5. The highest BCUT2D eigenvalue weighted by Gasteiger charge is 2.23. The highest BCUT2D eigenvalue weighted by molar-refractivity contribution is 5.79. The van der Waals surface area contributed by atoms with Crippen molar-refractivity contribution in [2.45, 2.75) is 12.5 Å². The lowest BCUT2D eigenvalue weighted by Crippen LogP contribution is -2.47. The molecule has 1 saturated heterocycles. The van der Waals surface area contributed by atoms with Crippen molar-refractivity contribution in [1.82, 2.24) is 30.1 Å². The van der Waals surface area contributed by atoms with Gasteiger partial charge in [-0.05, 0) is 48.0 Å². The maximum absolute atomic E-state index is 11.9. The first-order valence-corrected chi connectivity index (χ1v) is 13.3. The number of nitrogens with zero attached hydrogens (tertiary/aromatic N) is 5. The molecule has 0 saturated carbocycles. The summed E-state index contributed by atoms with van der Waals surface area (Å²) in [5.41, 5.74) is 5.09. The number of carbonyl (C=O) groups excluding carboxylic acids is 1. The number of anilines is 2. The minimum Gasteiger partial charge on any atom is -0.480 e. The molecule has 1 unspecified atom stereocenters. The minimum absolute atomic E-state index is 0.410. The third kappa shape index (κ3) is 6.59. The minimum atomic E-state index is -0.500. The lowest BCUT2D eigenvalue weighted by atomic mass is 9.98.